The van der Waals surface area contributed by atoms with Crippen LogP contribution in [0.5, 0.6) is 0 Å². The summed E-state index contributed by atoms with van der Waals surface area (Å²) in [6.45, 7) is 0.208. The van der Waals surface area contributed by atoms with E-state index < -0.39 is 11.7 Å². The van der Waals surface area contributed by atoms with Gasteiger partial charge in [-0.3, -0.25) is 9.20 Å². The minimum Gasteiger partial charge on any atom is -0.379 e. The number of alkyl halides is 3. The van der Waals surface area contributed by atoms with Gasteiger partial charge in [-0.25, -0.2) is 4.98 Å². The van der Waals surface area contributed by atoms with E-state index in [0.29, 0.717) is 22.1 Å². The topological polar surface area (TPSA) is 46.4 Å². The van der Waals surface area contributed by atoms with Crippen LogP contribution in [0.15, 0.2) is 53.5 Å². The third-order valence-corrected chi connectivity index (χ3v) is 3.59. The highest BCUT2D eigenvalue weighted by atomic mass is 35.5. The first-order valence-electron chi connectivity index (χ1n) is 6.92. The molecule has 0 radical (unpaired) electrons. The van der Waals surface area contributed by atoms with Crippen molar-refractivity contribution in [1.29, 1.82) is 0 Å². The van der Waals surface area contributed by atoms with Crippen LogP contribution in [0.4, 0.5) is 18.9 Å². The van der Waals surface area contributed by atoms with Crippen LogP contribution in [0.3, 0.4) is 0 Å². The molecule has 0 spiro atoms. The van der Waals surface area contributed by atoms with Gasteiger partial charge in [0.25, 0.3) is 5.56 Å². The predicted molar refractivity (Wildman–Crippen MR) is 85.2 cm³/mol. The van der Waals surface area contributed by atoms with Gasteiger partial charge in [0.2, 0.25) is 0 Å². The van der Waals surface area contributed by atoms with E-state index in [1.165, 1.54) is 28.8 Å². The predicted octanol–water partition coefficient (Wildman–Crippen LogP) is 3.98. The number of aromatic nitrogens is 2. The maximum atomic E-state index is 12.5. The number of rotatable bonds is 3. The molecule has 2 aromatic heterocycles. The van der Waals surface area contributed by atoms with E-state index >= 15 is 0 Å². The number of benzene rings is 1. The number of halogens is 4. The van der Waals surface area contributed by atoms with Gasteiger partial charge >= 0.3 is 6.18 Å². The third-order valence-electron chi connectivity index (χ3n) is 3.36. The number of pyridine rings is 1. The fourth-order valence-electron chi connectivity index (χ4n) is 2.19. The Kier molecular flexibility index (Phi) is 4.19. The summed E-state index contributed by atoms with van der Waals surface area (Å²) in [5.41, 5.74) is 0.415. The Labute approximate surface area is 139 Å². The molecule has 8 heteroatoms. The molecule has 3 rings (SSSR count). The molecule has 2 heterocycles. The van der Waals surface area contributed by atoms with Crippen LogP contribution in [0.1, 0.15) is 11.3 Å². The van der Waals surface area contributed by atoms with Gasteiger partial charge in [0.05, 0.1) is 22.8 Å². The van der Waals surface area contributed by atoms with E-state index in [1.54, 1.807) is 12.1 Å². The fraction of sp³-hybridized carbons (Fsp3) is 0.125. The first-order chi connectivity index (χ1) is 11.3. The molecule has 24 heavy (non-hydrogen) atoms. The molecule has 0 bridgehead atoms. The van der Waals surface area contributed by atoms with Crippen molar-refractivity contribution in [2.24, 2.45) is 0 Å². The zero-order chi connectivity index (χ0) is 17.3. The van der Waals surface area contributed by atoms with Gasteiger partial charge in [0, 0.05) is 18.0 Å². The van der Waals surface area contributed by atoms with Crippen molar-refractivity contribution in [2.75, 3.05) is 5.32 Å². The van der Waals surface area contributed by atoms with Crippen molar-refractivity contribution in [1.82, 2.24) is 9.38 Å². The molecular weight excluding hydrogens is 343 g/mol. The second kappa shape index (κ2) is 6.16. The Bertz CT molecular complexity index is 936. The van der Waals surface area contributed by atoms with Gasteiger partial charge in [-0.1, -0.05) is 11.6 Å². The Morgan fingerprint density at radius 2 is 1.83 bits per heavy atom. The van der Waals surface area contributed by atoms with Crippen LogP contribution in [-0.2, 0) is 12.7 Å². The lowest BCUT2D eigenvalue weighted by atomic mass is 10.2. The highest BCUT2D eigenvalue weighted by molar-refractivity contribution is 6.30. The van der Waals surface area contributed by atoms with E-state index in [9.17, 15) is 18.0 Å². The molecule has 0 aliphatic rings. The van der Waals surface area contributed by atoms with Crippen LogP contribution in [0, 0.1) is 0 Å². The minimum absolute atomic E-state index is 0.208. The number of fused-ring (bicyclic) bond motifs is 1. The number of nitrogens with one attached hydrogen (secondary N) is 1. The maximum absolute atomic E-state index is 12.5. The van der Waals surface area contributed by atoms with Crippen molar-refractivity contribution in [3.8, 4) is 0 Å². The summed E-state index contributed by atoms with van der Waals surface area (Å²) in [5.74, 6) is 0. The summed E-state index contributed by atoms with van der Waals surface area (Å²) in [5, 5.41) is 3.36. The lowest BCUT2D eigenvalue weighted by molar-refractivity contribution is -0.137. The molecule has 1 N–H and O–H groups in total. The highest BCUT2D eigenvalue weighted by Gasteiger charge is 2.29. The molecule has 0 unspecified atom stereocenters. The Balaban J connectivity index is 1.78. The fourth-order valence-corrected chi connectivity index (χ4v) is 2.35. The first kappa shape index (κ1) is 16.3. The Morgan fingerprint density at radius 1 is 1.12 bits per heavy atom. The summed E-state index contributed by atoms with van der Waals surface area (Å²) in [6.07, 6.45) is -2.90. The second-order valence-electron chi connectivity index (χ2n) is 5.09. The van der Waals surface area contributed by atoms with Crippen LogP contribution in [0.2, 0.25) is 5.02 Å². The van der Waals surface area contributed by atoms with E-state index in [1.807, 2.05) is 0 Å². The lowest BCUT2D eigenvalue weighted by Gasteiger charge is -2.10. The van der Waals surface area contributed by atoms with E-state index in [4.69, 9.17) is 11.6 Å². The molecular formula is C16H11ClF3N3O. The molecule has 4 nitrogen and oxygen atoms in total. The number of hydrogen-bond donors (Lipinski definition) is 1. The van der Waals surface area contributed by atoms with Crippen LogP contribution < -0.4 is 10.9 Å². The van der Waals surface area contributed by atoms with Crippen molar-refractivity contribution in [3.63, 3.8) is 0 Å². The standard InChI is InChI=1S/C16H11ClF3N3O/c17-11-3-6-14-22-13(7-15(24)23(14)9-11)8-21-12-4-1-10(2-5-12)16(18,19)20/h1-7,9,21H,8H2. The SMILES string of the molecule is O=c1cc(CNc2ccc(C(F)(F)F)cc2)nc2ccc(Cl)cn12. The van der Waals surface area contributed by atoms with Gasteiger partial charge in [0.1, 0.15) is 5.65 Å². The molecule has 0 atom stereocenters. The molecule has 124 valence electrons. The molecule has 0 saturated carbocycles. The monoisotopic (exact) mass is 353 g/mol. The molecule has 0 aliphatic heterocycles. The van der Waals surface area contributed by atoms with Crippen LogP contribution >= 0.6 is 11.6 Å². The molecule has 0 saturated heterocycles. The van der Waals surface area contributed by atoms with E-state index in [-0.39, 0.29) is 12.1 Å². The second-order valence-corrected chi connectivity index (χ2v) is 5.53. The summed E-state index contributed by atoms with van der Waals surface area (Å²) >= 11 is 5.84. The Morgan fingerprint density at radius 3 is 2.50 bits per heavy atom. The van der Waals surface area contributed by atoms with Crippen molar-refractivity contribution in [3.05, 3.63) is 75.3 Å². The van der Waals surface area contributed by atoms with Gasteiger partial charge in [-0.05, 0) is 36.4 Å². The molecule has 3 aromatic rings. The van der Waals surface area contributed by atoms with Crippen molar-refractivity contribution >= 4 is 22.9 Å². The van der Waals surface area contributed by atoms with Crippen molar-refractivity contribution in [2.45, 2.75) is 12.7 Å². The highest BCUT2D eigenvalue weighted by Crippen LogP contribution is 2.29. The summed E-state index contributed by atoms with van der Waals surface area (Å²) in [4.78, 5) is 16.3. The average Bonchev–Trinajstić information content (AvgIpc) is 2.53. The average molecular weight is 354 g/mol. The smallest absolute Gasteiger partial charge is 0.379 e. The summed E-state index contributed by atoms with van der Waals surface area (Å²) in [7, 11) is 0. The van der Waals surface area contributed by atoms with Gasteiger partial charge < -0.3 is 5.32 Å². The normalized spacial score (nSPS) is 11.7. The molecule has 0 aliphatic carbocycles. The van der Waals surface area contributed by atoms with Gasteiger partial charge in [-0.15, -0.1) is 0 Å². The zero-order valence-electron chi connectivity index (χ0n) is 12.1. The van der Waals surface area contributed by atoms with Crippen LogP contribution in [0.25, 0.3) is 5.65 Å². The molecule has 1 aromatic carbocycles. The molecule has 0 fully saturated rings. The summed E-state index contributed by atoms with van der Waals surface area (Å²) < 4.78 is 38.9. The number of anilines is 1. The lowest BCUT2D eigenvalue weighted by Crippen LogP contribution is -2.16. The van der Waals surface area contributed by atoms with E-state index in [0.717, 1.165) is 12.1 Å². The number of nitrogens with zero attached hydrogens (tertiary/aromatic N) is 2. The zero-order valence-corrected chi connectivity index (χ0v) is 12.9. The quantitative estimate of drug-likeness (QED) is 0.774. The molecule has 0 amide bonds. The minimum atomic E-state index is -4.37. The third kappa shape index (κ3) is 3.51. The van der Waals surface area contributed by atoms with E-state index in [2.05, 4.69) is 10.3 Å². The van der Waals surface area contributed by atoms with Gasteiger partial charge in [0.15, 0.2) is 0 Å². The van der Waals surface area contributed by atoms with Crippen molar-refractivity contribution < 1.29 is 13.2 Å². The maximum Gasteiger partial charge on any atom is 0.416 e. The van der Waals surface area contributed by atoms with Crippen LogP contribution in [-0.4, -0.2) is 9.38 Å². The Hall–Kier alpha value is -2.54. The first-order valence-corrected chi connectivity index (χ1v) is 7.30. The van der Waals surface area contributed by atoms with Gasteiger partial charge in [-0.2, -0.15) is 13.2 Å². The largest absolute Gasteiger partial charge is 0.416 e. The summed E-state index contributed by atoms with van der Waals surface area (Å²) in [6, 6.07) is 9.23. The number of hydrogen-bond acceptors (Lipinski definition) is 3.